The van der Waals surface area contributed by atoms with Gasteiger partial charge in [0, 0.05) is 18.1 Å². The van der Waals surface area contributed by atoms with Crippen LogP contribution in [0.1, 0.15) is 32.6 Å². The predicted molar refractivity (Wildman–Crippen MR) is 77.6 cm³/mol. The topological polar surface area (TPSA) is 65.8 Å². The predicted octanol–water partition coefficient (Wildman–Crippen LogP) is 3.13. The number of nitrogens with one attached hydrogen (secondary N) is 1. The number of aromatic nitrogens is 1. The van der Waals surface area contributed by atoms with Crippen LogP contribution in [0, 0.1) is 32.1 Å². The SMILES string of the molecule is Cc1ccc(NC(=O)c2cncc(C#N)c2)c(C)c1C. The molecule has 20 heavy (non-hydrogen) atoms. The third-order valence-corrected chi connectivity index (χ3v) is 3.44. The molecule has 1 N–H and O–H groups in total. The second-order valence-corrected chi connectivity index (χ2v) is 4.71. The average molecular weight is 265 g/mol. The third-order valence-electron chi connectivity index (χ3n) is 3.44. The Morgan fingerprint density at radius 3 is 2.65 bits per heavy atom. The van der Waals surface area contributed by atoms with Gasteiger partial charge in [0.1, 0.15) is 6.07 Å². The highest BCUT2D eigenvalue weighted by Gasteiger charge is 2.10. The zero-order valence-corrected chi connectivity index (χ0v) is 11.7. The van der Waals surface area contributed by atoms with Crippen molar-refractivity contribution in [3.63, 3.8) is 0 Å². The fraction of sp³-hybridized carbons (Fsp3) is 0.188. The molecule has 100 valence electrons. The Labute approximate surface area is 118 Å². The average Bonchev–Trinajstić information content (AvgIpc) is 2.48. The molecule has 1 aromatic carbocycles. The summed E-state index contributed by atoms with van der Waals surface area (Å²) < 4.78 is 0. The minimum atomic E-state index is -0.263. The number of rotatable bonds is 2. The molecular formula is C16H15N3O. The number of pyridine rings is 1. The van der Waals surface area contributed by atoms with Gasteiger partial charge in [-0.15, -0.1) is 0 Å². The molecule has 0 radical (unpaired) electrons. The van der Waals surface area contributed by atoms with Gasteiger partial charge in [0.25, 0.3) is 5.91 Å². The van der Waals surface area contributed by atoms with E-state index in [9.17, 15) is 4.79 Å². The number of aryl methyl sites for hydroxylation is 1. The van der Waals surface area contributed by atoms with E-state index in [0.717, 1.165) is 16.8 Å². The van der Waals surface area contributed by atoms with Gasteiger partial charge in [-0.3, -0.25) is 9.78 Å². The third kappa shape index (κ3) is 2.67. The first kappa shape index (κ1) is 13.8. The summed E-state index contributed by atoms with van der Waals surface area (Å²) in [4.78, 5) is 16.1. The van der Waals surface area contributed by atoms with Crippen LogP contribution in [-0.2, 0) is 0 Å². The van der Waals surface area contributed by atoms with Gasteiger partial charge in [0.05, 0.1) is 11.1 Å². The van der Waals surface area contributed by atoms with Crippen molar-refractivity contribution in [1.82, 2.24) is 4.98 Å². The molecule has 4 heteroatoms. The van der Waals surface area contributed by atoms with Crippen molar-refractivity contribution in [2.24, 2.45) is 0 Å². The molecule has 0 saturated heterocycles. The number of carbonyl (C=O) groups is 1. The fourth-order valence-electron chi connectivity index (χ4n) is 1.91. The first-order valence-corrected chi connectivity index (χ1v) is 6.26. The van der Waals surface area contributed by atoms with Crippen molar-refractivity contribution in [2.75, 3.05) is 5.32 Å². The lowest BCUT2D eigenvalue weighted by molar-refractivity contribution is 0.102. The highest BCUT2D eigenvalue weighted by Crippen LogP contribution is 2.22. The van der Waals surface area contributed by atoms with Gasteiger partial charge in [0.2, 0.25) is 0 Å². The molecule has 0 saturated carbocycles. The first-order valence-electron chi connectivity index (χ1n) is 6.26. The Morgan fingerprint density at radius 2 is 1.95 bits per heavy atom. The number of carbonyl (C=O) groups excluding carboxylic acids is 1. The number of benzene rings is 1. The van der Waals surface area contributed by atoms with Gasteiger partial charge < -0.3 is 5.32 Å². The van der Waals surface area contributed by atoms with Gasteiger partial charge in [0.15, 0.2) is 0 Å². The summed E-state index contributed by atoms with van der Waals surface area (Å²) in [6.45, 7) is 6.04. The molecule has 2 aromatic rings. The molecule has 1 heterocycles. The van der Waals surface area contributed by atoms with Crippen molar-refractivity contribution < 1.29 is 4.79 Å². The molecule has 1 aromatic heterocycles. The summed E-state index contributed by atoms with van der Waals surface area (Å²) >= 11 is 0. The Balaban J connectivity index is 2.28. The van der Waals surface area contributed by atoms with Gasteiger partial charge >= 0.3 is 0 Å². The summed E-state index contributed by atoms with van der Waals surface area (Å²) in [6, 6.07) is 7.36. The molecule has 1 amide bonds. The molecule has 0 spiro atoms. The number of nitriles is 1. The molecule has 0 fully saturated rings. The summed E-state index contributed by atoms with van der Waals surface area (Å²) in [5.41, 5.74) is 4.92. The maximum Gasteiger partial charge on any atom is 0.257 e. The summed E-state index contributed by atoms with van der Waals surface area (Å²) in [7, 11) is 0. The number of hydrogen-bond acceptors (Lipinski definition) is 3. The zero-order valence-electron chi connectivity index (χ0n) is 11.7. The molecule has 2 rings (SSSR count). The number of amides is 1. The first-order chi connectivity index (χ1) is 9.52. The molecule has 0 aliphatic carbocycles. The lowest BCUT2D eigenvalue weighted by Gasteiger charge is -2.12. The number of nitrogens with zero attached hydrogens (tertiary/aromatic N) is 2. The van der Waals surface area contributed by atoms with Crippen molar-refractivity contribution in [2.45, 2.75) is 20.8 Å². The van der Waals surface area contributed by atoms with Gasteiger partial charge in [-0.25, -0.2) is 0 Å². The van der Waals surface area contributed by atoms with E-state index < -0.39 is 0 Å². The van der Waals surface area contributed by atoms with Crippen molar-refractivity contribution in [1.29, 1.82) is 5.26 Å². The lowest BCUT2D eigenvalue weighted by atomic mass is 10.0. The van der Waals surface area contributed by atoms with Gasteiger partial charge in [-0.2, -0.15) is 5.26 Å². The van der Waals surface area contributed by atoms with Crippen molar-refractivity contribution in [3.05, 3.63) is 58.4 Å². The van der Waals surface area contributed by atoms with Crippen molar-refractivity contribution in [3.8, 4) is 6.07 Å². The summed E-state index contributed by atoms with van der Waals surface area (Å²) in [5.74, 6) is -0.263. The molecule has 0 atom stereocenters. The number of hydrogen-bond donors (Lipinski definition) is 1. The van der Waals surface area contributed by atoms with Crippen LogP contribution in [0.2, 0.25) is 0 Å². The van der Waals surface area contributed by atoms with Crippen LogP contribution in [0.25, 0.3) is 0 Å². The Kier molecular flexibility index (Phi) is 3.81. The quantitative estimate of drug-likeness (QED) is 0.907. The Bertz CT molecular complexity index is 714. The van der Waals surface area contributed by atoms with Crippen LogP contribution in [0.15, 0.2) is 30.6 Å². The Hall–Kier alpha value is -2.67. The maximum absolute atomic E-state index is 12.2. The van der Waals surface area contributed by atoms with E-state index in [1.54, 1.807) is 0 Å². The van der Waals surface area contributed by atoms with E-state index in [1.165, 1.54) is 24.0 Å². The van der Waals surface area contributed by atoms with Crippen LogP contribution in [0.4, 0.5) is 5.69 Å². The molecule has 0 unspecified atom stereocenters. The van der Waals surface area contributed by atoms with Crippen LogP contribution < -0.4 is 5.32 Å². The normalized spacial score (nSPS) is 9.90. The van der Waals surface area contributed by atoms with Crippen LogP contribution in [0.5, 0.6) is 0 Å². The van der Waals surface area contributed by atoms with Crippen molar-refractivity contribution >= 4 is 11.6 Å². The van der Waals surface area contributed by atoms with E-state index in [4.69, 9.17) is 5.26 Å². The highest BCUT2D eigenvalue weighted by molar-refractivity contribution is 6.04. The molecule has 0 aliphatic heterocycles. The fourth-order valence-corrected chi connectivity index (χ4v) is 1.91. The van der Waals surface area contributed by atoms with Crippen LogP contribution in [-0.4, -0.2) is 10.9 Å². The highest BCUT2D eigenvalue weighted by atomic mass is 16.1. The van der Waals surface area contributed by atoms with Crippen LogP contribution >= 0.6 is 0 Å². The molecule has 0 bridgehead atoms. The van der Waals surface area contributed by atoms with Gasteiger partial charge in [-0.05, 0) is 49.6 Å². The molecular weight excluding hydrogens is 250 g/mol. The second-order valence-electron chi connectivity index (χ2n) is 4.71. The van der Waals surface area contributed by atoms with Crippen LogP contribution in [0.3, 0.4) is 0 Å². The molecule has 4 nitrogen and oxygen atoms in total. The smallest absolute Gasteiger partial charge is 0.257 e. The van der Waals surface area contributed by atoms with Gasteiger partial charge in [-0.1, -0.05) is 6.07 Å². The maximum atomic E-state index is 12.2. The van der Waals surface area contributed by atoms with E-state index in [0.29, 0.717) is 11.1 Å². The second kappa shape index (κ2) is 5.54. The zero-order chi connectivity index (χ0) is 14.7. The monoisotopic (exact) mass is 265 g/mol. The summed E-state index contributed by atoms with van der Waals surface area (Å²) in [6.07, 6.45) is 2.88. The lowest BCUT2D eigenvalue weighted by Crippen LogP contribution is -2.13. The summed E-state index contributed by atoms with van der Waals surface area (Å²) in [5, 5.41) is 11.7. The van der Waals surface area contributed by atoms with E-state index in [1.807, 2.05) is 39.0 Å². The van der Waals surface area contributed by atoms with E-state index >= 15 is 0 Å². The van der Waals surface area contributed by atoms with E-state index in [2.05, 4.69) is 10.3 Å². The standard InChI is InChI=1S/C16H15N3O/c1-10-4-5-15(12(3)11(10)2)19-16(20)14-6-13(7-17)8-18-9-14/h4-6,8-9H,1-3H3,(H,19,20). The largest absolute Gasteiger partial charge is 0.322 e. The minimum Gasteiger partial charge on any atom is -0.322 e. The number of anilines is 1. The molecule has 0 aliphatic rings. The van der Waals surface area contributed by atoms with E-state index in [-0.39, 0.29) is 5.91 Å². The minimum absolute atomic E-state index is 0.263. The Morgan fingerprint density at radius 1 is 1.20 bits per heavy atom.